The first-order valence-corrected chi connectivity index (χ1v) is 8.70. The van der Waals surface area contributed by atoms with Gasteiger partial charge in [-0.15, -0.1) is 0 Å². The van der Waals surface area contributed by atoms with E-state index in [1.807, 2.05) is 61.2 Å². The molecule has 0 bridgehead atoms. The quantitative estimate of drug-likeness (QED) is 0.701. The number of aromatic nitrogens is 2. The molecular formula is C20H19ClN4O. The molecule has 26 heavy (non-hydrogen) atoms. The maximum atomic E-state index is 12.6. The monoisotopic (exact) mass is 366 g/mol. The number of amides is 1. The standard InChI is InChI=1S/C20H19ClN4O/c1-3-25(15-9-5-4-6-10-15)20-22-14(2)13-18(24-20)19(26)23-17-12-8-7-11-16(17)21/h4-13H,3H2,1-2H3,(H,23,26). The van der Waals surface area contributed by atoms with E-state index in [0.717, 1.165) is 5.69 Å². The maximum Gasteiger partial charge on any atom is 0.274 e. The first-order valence-electron chi connectivity index (χ1n) is 8.32. The molecule has 2 aromatic carbocycles. The Bertz CT molecular complexity index is 915. The number of rotatable bonds is 5. The lowest BCUT2D eigenvalue weighted by atomic mass is 10.2. The molecule has 0 aliphatic rings. The van der Waals surface area contributed by atoms with Crippen LogP contribution in [-0.4, -0.2) is 22.4 Å². The summed E-state index contributed by atoms with van der Waals surface area (Å²) in [6.45, 7) is 4.54. The summed E-state index contributed by atoms with van der Waals surface area (Å²) in [7, 11) is 0. The predicted octanol–water partition coefficient (Wildman–Crippen LogP) is 4.85. The smallest absolute Gasteiger partial charge is 0.274 e. The summed E-state index contributed by atoms with van der Waals surface area (Å²) >= 11 is 6.12. The van der Waals surface area contributed by atoms with E-state index in [4.69, 9.17) is 11.6 Å². The highest BCUT2D eigenvalue weighted by Gasteiger charge is 2.16. The number of carbonyl (C=O) groups is 1. The number of carbonyl (C=O) groups excluding carboxylic acids is 1. The summed E-state index contributed by atoms with van der Waals surface area (Å²) < 4.78 is 0. The molecule has 0 aliphatic carbocycles. The highest BCUT2D eigenvalue weighted by molar-refractivity contribution is 6.33. The van der Waals surface area contributed by atoms with Crippen LogP contribution in [-0.2, 0) is 0 Å². The molecule has 3 aromatic rings. The minimum Gasteiger partial charge on any atom is -0.319 e. The zero-order valence-electron chi connectivity index (χ0n) is 14.6. The second-order valence-corrected chi connectivity index (χ2v) is 6.12. The molecule has 0 aliphatic heterocycles. The van der Waals surface area contributed by atoms with Gasteiger partial charge in [-0.25, -0.2) is 9.97 Å². The van der Waals surface area contributed by atoms with Gasteiger partial charge in [-0.2, -0.15) is 0 Å². The molecule has 0 saturated carbocycles. The van der Waals surface area contributed by atoms with Crippen LogP contribution in [0.5, 0.6) is 0 Å². The molecule has 0 radical (unpaired) electrons. The molecule has 1 amide bonds. The third-order valence-corrected chi connectivity index (χ3v) is 4.15. The molecule has 5 nitrogen and oxygen atoms in total. The van der Waals surface area contributed by atoms with Gasteiger partial charge in [0.2, 0.25) is 5.95 Å². The van der Waals surface area contributed by atoms with Crippen LogP contribution in [0.25, 0.3) is 0 Å². The minimum absolute atomic E-state index is 0.293. The number of anilines is 3. The van der Waals surface area contributed by atoms with Crippen molar-refractivity contribution in [3.8, 4) is 0 Å². The second kappa shape index (κ2) is 7.97. The summed E-state index contributed by atoms with van der Waals surface area (Å²) in [6.07, 6.45) is 0. The fourth-order valence-electron chi connectivity index (χ4n) is 2.59. The van der Waals surface area contributed by atoms with Crippen LogP contribution in [0.3, 0.4) is 0 Å². The molecule has 1 N–H and O–H groups in total. The van der Waals surface area contributed by atoms with Crippen LogP contribution in [0.4, 0.5) is 17.3 Å². The molecule has 132 valence electrons. The van der Waals surface area contributed by atoms with Crippen molar-refractivity contribution in [1.82, 2.24) is 9.97 Å². The molecule has 1 aromatic heterocycles. The van der Waals surface area contributed by atoms with E-state index in [2.05, 4.69) is 15.3 Å². The van der Waals surface area contributed by atoms with Gasteiger partial charge in [-0.3, -0.25) is 4.79 Å². The van der Waals surface area contributed by atoms with E-state index in [1.54, 1.807) is 18.2 Å². The Morgan fingerprint density at radius 3 is 2.46 bits per heavy atom. The van der Waals surface area contributed by atoms with Crippen LogP contribution in [0.1, 0.15) is 23.1 Å². The van der Waals surface area contributed by atoms with Crippen molar-refractivity contribution in [2.45, 2.75) is 13.8 Å². The highest BCUT2D eigenvalue weighted by Crippen LogP contribution is 2.23. The summed E-state index contributed by atoms with van der Waals surface area (Å²) in [5, 5.41) is 3.28. The molecule has 0 unspecified atom stereocenters. The third kappa shape index (κ3) is 4.00. The lowest BCUT2D eigenvalue weighted by Crippen LogP contribution is -2.22. The Labute approximate surface area is 157 Å². The van der Waals surface area contributed by atoms with Crippen LogP contribution < -0.4 is 10.2 Å². The Morgan fingerprint density at radius 1 is 1.08 bits per heavy atom. The maximum absolute atomic E-state index is 12.6. The number of nitrogens with one attached hydrogen (secondary N) is 1. The van der Waals surface area contributed by atoms with Gasteiger partial charge in [0.1, 0.15) is 5.69 Å². The average Bonchev–Trinajstić information content (AvgIpc) is 2.65. The van der Waals surface area contributed by atoms with Crippen LogP contribution in [0.15, 0.2) is 60.7 Å². The van der Waals surface area contributed by atoms with Gasteiger partial charge in [-0.1, -0.05) is 41.9 Å². The van der Waals surface area contributed by atoms with E-state index < -0.39 is 0 Å². The van der Waals surface area contributed by atoms with Crippen molar-refractivity contribution >= 4 is 34.8 Å². The van der Waals surface area contributed by atoms with Crippen LogP contribution in [0.2, 0.25) is 5.02 Å². The Morgan fingerprint density at radius 2 is 1.77 bits per heavy atom. The van der Waals surface area contributed by atoms with E-state index in [-0.39, 0.29) is 5.91 Å². The molecular weight excluding hydrogens is 348 g/mol. The first kappa shape index (κ1) is 17.9. The zero-order chi connectivity index (χ0) is 18.5. The van der Waals surface area contributed by atoms with Crippen LogP contribution in [0, 0.1) is 6.92 Å². The average molecular weight is 367 g/mol. The second-order valence-electron chi connectivity index (χ2n) is 5.71. The van der Waals surface area contributed by atoms with E-state index in [0.29, 0.717) is 34.6 Å². The molecule has 6 heteroatoms. The zero-order valence-corrected chi connectivity index (χ0v) is 15.4. The Hall–Kier alpha value is -2.92. The van der Waals surface area contributed by atoms with Gasteiger partial charge in [-0.05, 0) is 44.2 Å². The van der Waals surface area contributed by atoms with Gasteiger partial charge in [0.25, 0.3) is 5.91 Å². The van der Waals surface area contributed by atoms with Crippen molar-refractivity contribution in [3.05, 3.63) is 77.1 Å². The fraction of sp³-hybridized carbons (Fsp3) is 0.150. The van der Waals surface area contributed by atoms with Crippen molar-refractivity contribution in [2.75, 3.05) is 16.8 Å². The number of benzene rings is 2. The number of para-hydroxylation sites is 2. The van der Waals surface area contributed by atoms with Crippen molar-refractivity contribution < 1.29 is 4.79 Å². The van der Waals surface area contributed by atoms with Gasteiger partial charge in [0.05, 0.1) is 10.7 Å². The summed E-state index contributed by atoms with van der Waals surface area (Å²) in [4.78, 5) is 23.6. The molecule has 1 heterocycles. The number of halogens is 1. The lowest BCUT2D eigenvalue weighted by molar-refractivity contribution is 0.102. The fourth-order valence-corrected chi connectivity index (χ4v) is 2.77. The van der Waals surface area contributed by atoms with Crippen molar-refractivity contribution in [1.29, 1.82) is 0 Å². The highest BCUT2D eigenvalue weighted by atomic mass is 35.5. The largest absolute Gasteiger partial charge is 0.319 e. The topological polar surface area (TPSA) is 58.1 Å². The SMILES string of the molecule is CCN(c1ccccc1)c1nc(C)cc(C(=O)Nc2ccccc2Cl)n1. The van der Waals surface area contributed by atoms with E-state index in [1.165, 1.54) is 0 Å². The Balaban J connectivity index is 1.92. The summed E-state index contributed by atoms with van der Waals surface area (Å²) in [5.74, 6) is 0.164. The van der Waals surface area contributed by atoms with Gasteiger partial charge >= 0.3 is 0 Å². The predicted molar refractivity (Wildman–Crippen MR) is 105 cm³/mol. The normalized spacial score (nSPS) is 10.4. The molecule has 0 atom stereocenters. The van der Waals surface area contributed by atoms with Gasteiger partial charge in [0.15, 0.2) is 0 Å². The van der Waals surface area contributed by atoms with Crippen molar-refractivity contribution in [3.63, 3.8) is 0 Å². The number of nitrogens with zero attached hydrogens (tertiary/aromatic N) is 3. The van der Waals surface area contributed by atoms with Crippen molar-refractivity contribution in [2.24, 2.45) is 0 Å². The Kier molecular flexibility index (Phi) is 5.49. The van der Waals surface area contributed by atoms with Gasteiger partial charge < -0.3 is 10.2 Å². The van der Waals surface area contributed by atoms with Crippen LogP contribution >= 0.6 is 11.6 Å². The van der Waals surface area contributed by atoms with E-state index in [9.17, 15) is 4.79 Å². The summed E-state index contributed by atoms with van der Waals surface area (Å²) in [5.41, 5.74) is 2.53. The summed E-state index contributed by atoms with van der Waals surface area (Å²) in [6, 6.07) is 18.6. The van der Waals surface area contributed by atoms with E-state index >= 15 is 0 Å². The minimum atomic E-state index is -0.325. The number of aryl methyl sites for hydroxylation is 1. The molecule has 3 rings (SSSR count). The van der Waals surface area contributed by atoms with Gasteiger partial charge in [0, 0.05) is 17.9 Å². The number of hydrogen-bond acceptors (Lipinski definition) is 4. The number of hydrogen-bond donors (Lipinski definition) is 1. The third-order valence-electron chi connectivity index (χ3n) is 3.82. The first-order chi connectivity index (χ1) is 12.6. The molecule has 0 saturated heterocycles. The lowest BCUT2D eigenvalue weighted by Gasteiger charge is -2.21. The molecule has 0 spiro atoms. The molecule has 0 fully saturated rings.